The van der Waals surface area contributed by atoms with Gasteiger partial charge in [-0.05, 0) is 24.5 Å². The lowest BCUT2D eigenvalue weighted by Crippen LogP contribution is -2.25. The molecule has 0 radical (unpaired) electrons. The zero-order chi connectivity index (χ0) is 21.9. The Labute approximate surface area is 179 Å². The second-order valence-corrected chi connectivity index (χ2v) is 7.87. The van der Waals surface area contributed by atoms with Gasteiger partial charge in [0.25, 0.3) is 0 Å². The van der Waals surface area contributed by atoms with Crippen molar-refractivity contribution in [3.63, 3.8) is 0 Å². The molecular formula is C26H32O4. The first-order valence-corrected chi connectivity index (χ1v) is 11.0. The van der Waals surface area contributed by atoms with E-state index in [0.717, 1.165) is 19.3 Å². The van der Waals surface area contributed by atoms with Crippen LogP contribution < -0.4 is 0 Å². The third-order valence-electron chi connectivity index (χ3n) is 5.62. The molecule has 1 aliphatic rings. The van der Waals surface area contributed by atoms with Gasteiger partial charge in [0.1, 0.15) is 0 Å². The third kappa shape index (κ3) is 6.10. The average Bonchev–Trinajstić information content (AvgIpc) is 2.76. The van der Waals surface area contributed by atoms with Gasteiger partial charge in [-0.1, -0.05) is 82.4 Å². The van der Waals surface area contributed by atoms with Crippen molar-refractivity contribution in [3.8, 4) is 12.3 Å². The van der Waals surface area contributed by atoms with Crippen LogP contribution in [0.5, 0.6) is 0 Å². The molecule has 1 aromatic carbocycles. The molecule has 0 amide bonds. The molecule has 0 atom stereocenters. The second kappa shape index (κ2) is 12.0. The summed E-state index contributed by atoms with van der Waals surface area (Å²) in [5, 5.41) is 20.7. The van der Waals surface area contributed by atoms with Gasteiger partial charge in [-0.3, -0.25) is 9.59 Å². The molecule has 4 heteroatoms. The topological polar surface area (TPSA) is 74.6 Å². The van der Waals surface area contributed by atoms with E-state index >= 15 is 0 Å². The van der Waals surface area contributed by atoms with Crippen LogP contribution in [0.4, 0.5) is 0 Å². The number of rotatable bonds is 12. The number of allylic oxidation sites excluding steroid dienone is 2. The minimum atomic E-state index is -0.690. The number of hydrogen-bond acceptors (Lipinski definition) is 4. The Balaban J connectivity index is 1.92. The van der Waals surface area contributed by atoms with Crippen molar-refractivity contribution >= 4 is 11.6 Å². The Hall–Kier alpha value is -2.80. The molecule has 0 unspecified atom stereocenters. The van der Waals surface area contributed by atoms with Crippen LogP contribution in [0, 0.1) is 12.3 Å². The fourth-order valence-electron chi connectivity index (χ4n) is 3.79. The van der Waals surface area contributed by atoms with Crippen molar-refractivity contribution in [2.75, 3.05) is 0 Å². The highest BCUT2D eigenvalue weighted by Crippen LogP contribution is 2.28. The second-order valence-electron chi connectivity index (χ2n) is 7.87. The number of ketones is 2. The van der Waals surface area contributed by atoms with E-state index in [1.807, 2.05) is 0 Å². The number of aliphatic hydroxyl groups excluding tert-OH is 2. The van der Waals surface area contributed by atoms with Crippen LogP contribution in [0.25, 0.3) is 0 Å². The number of aliphatic hydroxyl groups is 2. The standard InChI is InChI=1S/C26H32O4/c1-3-5-6-7-8-9-10-11-12-17-21-23(27)25(29)22(26(30)24(21)28)18-20-16-14-13-15-19(20)4-2/h2,13-16,27,30H,3,5-12,17-18H2,1H3. The van der Waals surface area contributed by atoms with Crippen LogP contribution in [-0.2, 0) is 16.0 Å². The Morgan fingerprint density at radius 1 is 0.800 bits per heavy atom. The highest BCUT2D eigenvalue weighted by atomic mass is 16.3. The molecule has 4 nitrogen and oxygen atoms in total. The fraction of sp³-hybridized carbons (Fsp3) is 0.462. The summed E-state index contributed by atoms with van der Waals surface area (Å²) in [6.45, 7) is 2.20. The quantitative estimate of drug-likeness (QED) is 0.256. The van der Waals surface area contributed by atoms with Crippen LogP contribution in [0.2, 0.25) is 0 Å². The summed E-state index contributed by atoms with van der Waals surface area (Å²) in [5.41, 5.74) is 1.16. The first-order valence-electron chi connectivity index (χ1n) is 11.0. The zero-order valence-electron chi connectivity index (χ0n) is 17.9. The van der Waals surface area contributed by atoms with Crippen molar-refractivity contribution in [1.82, 2.24) is 0 Å². The van der Waals surface area contributed by atoms with Gasteiger partial charge in [-0.25, -0.2) is 0 Å². The van der Waals surface area contributed by atoms with E-state index in [0.29, 0.717) is 24.0 Å². The highest BCUT2D eigenvalue weighted by Gasteiger charge is 2.34. The van der Waals surface area contributed by atoms with Gasteiger partial charge in [0.2, 0.25) is 11.6 Å². The largest absolute Gasteiger partial charge is 0.504 e. The molecule has 0 heterocycles. The number of terminal acetylenes is 1. The average molecular weight is 409 g/mol. The van der Waals surface area contributed by atoms with E-state index < -0.39 is 23.1 Å². The van der Waals surface area contributed by atoms with Gasteiger partial charge >= 0.3 is 0 Å². The molecule has 30 heavy (non-hydrogen) atoms. The van der Waals surface area contributed by atoms with Crippen LogP contribution >= 0.6 is 0 Å². The lowest BCUT2D eigenvalue weighted by Gasteiger charge is -2.18. The molecule has 1 aromatic rings. The molecule has 0 saturated carbocycles. The van der Waals surface area contributed by atoms with Gasteiger partial charge in [0.15, 0.2) is 11.5 Å². The maximum absolute atomic E-state index is 12.6. The van der Waals surface area contributed by atoms with Gasteiger partial charge in [-0.2, -0.15) is 0 Å². The number of unbranched alkanes of at least 4 members (excludes halogenated alkanes) is 8. The summed E-state index contributed by atoms with van der Waals surface area (Å²) in [7, 11) is 0. The van der Waals surface area contributed by atoms with Crippen LogP contribution in [-0.4, -0.2) is 21.8 Å². The molecule has 160 valence electrons. The van der Waals surface area contributed by atoms with E-state index in [-0.39, 0.29) is 17.6 Å². The number of carbonyl (C=O) groups is 2. The van der Waals surface area contributed by atoms with Gasteiger partial charge in [0.05, 0.1) is 5.57 Å². The van der Waals surface area contributed by atoms with E-state index in [9.17, 15) is 19.8 Å². The SMILES string of the molecule is C#Cc1ccccc1CC1=C(O)C(=O)C(CCCCCCCCCCC)=C(O)C1=O. The number of carbonyl (C=O) groups excluding carboxylic acids is 2. The molecule has 0 spiro atoms. The summed E-state index contributed by atoms with van der Waals surface area (Å²) in [6, 6.07) is 7.02. The Kier molecular flexibility index (Phi) is 9.41. The summed E-state index contributed by atoms with van der Waals surface area (Å²) < 4.78 is 0. The summed E-state index contributed by atoms with van der Waals surface area (Å²) in [5.74, 6) is 0.0768. The van der Waals surface area contributed by atoms with E-state index in [1.165, 1.54) is 32.1 Å². The van der Waals surface area contributed by atoms with E-state index in [1.54, 1.807) is 24.3 Å². The lowest BCUT2D eigenvalue weighted by molar-refractivity contribution is -0.120. The first kappa shape index (κ1) is 23.5. The molecule has 2 N–H and O–H groups in total. The summed E-state index contributed by atoms with van der Waals surface area (Å²) in [6.07, 6.45) is 15.9. The van der Waals surface area contributed by atoms with Gasteiger partial charge in [-0.15, -0.1) is 6.42 Å². The maximum atomic E-state index is 12.6. The molecule has 0 saturated heterocycles. The van der Waals surface area contributed by atoms with Crippen molar-refractivity contribution in [2.24, 2.45) is 0 Å². The molecule has 0 aromatic heterocycles. The zero-order valence-corrected chi connectivity index (χ0v) is 17.9. The van der Waals surface area contributed by atoms with Gasteiger partial charge < -0.3 is 10.2 Å². The molecule has 0 fully saturated rings. The monoisotopic (exact) mass is 408 g/mol. The fourth-order valence-corrected chi connectivity index (χ4v) is 3.79. The summed E-state index contributed by atoms with van der Waals surface area (Å²) >= 11 is 0. The Morgan fingerprint density at radius 3 is 1.97 bits per heavy atom. The van der Waals surface area contributed by atoms with Crippen molar-refractivity contribution in [3.05, 3.63) is 58.1 Å². The molecule has 1 aliphatic carbocycles. The summed E-state index contributed by atoms with van der Waals surface area (Å²) in [4.78, 5) is 25.2. The minimum absolute atomic E-state index is 0.00610. The van der Waals surface area contributed by atoms with Crippen LogP contribution in [0.1, 0.15) is 82.3 Å². The third-order valence-corrected chi connectivity index (χ3v) is 5.62. The number of benzene rings is 1. The van der Waals surface area contributed by atoms with E-state index in [2.05, 4.69) is 12.8 Å². The normalized spacial score (nSPS) is 14.4. The molecular weight excluding hydrogens is 376 g/mol. The molecule has 0 aliphatic heterocycles. The van der Waals surface area contributed by atoms with Crippen molar-refractivity contribution < 1.29 is 19.8 Å². The van der Waals surface area contributed by atoms with Crippen LogP contribution in [0.15, 0.2) is 46.9 Å². The number of hydrogen-bond donors (Lipinski definition) is 2. The number of Topliss-reactive ketones (excluding diaryl/α,β-unsaturated/α-hetero) is 2. The highest BCUT2D eigenvalue weighted by molar-refractivity contribution is 6.23. The Bertz CT molecular complexity index is 867. The predicted molar refractivity (Wildman–Crippen MR) is 119 cm³/mol. The van der Waals surface area contributed by atoms with Crippen molar-refractivity contribution in [1.29, 1.82) is 0 Å². The van der Waals surface area contributed by atoms with Gasteiger partial charge in [0, 0.05) is 17.6 Å². The van der Waals surface area contributed by atoms with Crippen LogP contribution in [0.3, 0.4) is 0 Å². The maximum Gasteiger partial charge on any atom is 0.227 e. The first-order chi connectivity index (χ1) is 14.5. The minimum Gasteiger partial charge on any atom is -0.504 e. The van der Waals surface area contributed by atoms with Crippen molar-refractivity contribution in [2.45, 2.75) is 77.6 Å². The Morgan fingerprint density at radius 2 is 1.33 bits per heavy atom. The molecule has 0 bridgehead atoms. The smallest absolute Gasteiger partial charge is 0.227 e. The van der Waals surface area contributed by atoms with E-state index in [4.69, 9.17) is 6.42 Å². The predicted octanol–water partition coefficient (Wildman–Crippen LogP) is 5.91. The lowest BCUT2D eigenvalue weighted by atomic mass is 9.86. The molecule has 2 rings (SSSR count).